The molecule has 0 radical (unpaired) electrons. The molecule has 2 heterocycles. The van der Waals surface area contributed by atoms with Gasteiger partial charge in [-0.15, -0.1) is 11.3 Å². The zero-order valence-electron chi connectivity index (χ0n) is 15.2. The van der Waals surface area contributed by atoms with Gasteiger partial charge in [0.05, 0.1) is 6.04 Å². The Morgan fingerprint density at radius 3 is 2.88 bits per heavy atom. The van der Waals surface area contributed by atoms with Crippen molar-refractivity contribution in [2.24, 2.45) is 0 Å². The number of carbonyl (C=O) groups excluding carboxylic acids is 1. The van der Waals surface area contributed by atoms with E-state index in [2.05, 4.69) is 10.1 Å². The fourth-order valence-corrected chi connectivity index (χ4v) is 3.19. The first-order chi connectivity index (χ1) is 12.5. The smallest absolute Gasteiger partial charge is 0.276 e. The number of hydrogen-bond donors (Lipinski definition) is 0. The molecular weight excluding hydrogens is 350 g/mol. The molecule has 7 heteroatoms. The predicted molar refractivity (Wildman–Crippen MR) is 99.4 cm³/mol. The molecule has 6 nitrogen and oxygen atoms in total. The molecule has 0 aliphatic rings. The van der Waals surface area contributed by atoms with Gasteiger partial charge in [-0.1, -0.05) is 17.3 Å². The third kappa shape index (κ3) is 3.94. The summed E-state index contributed by atoms with van der Waals surface area (Å²) in [4.78, 5) is 18.5. The molecule has 0 aliphatic carbocycles. The largest absolute Gasteiger partial charge is 0.485 e. The molecule has 0 N–H and O–H groups in total. The lowest BCUT2D eigenvalue weighted by molar-refractivity contribution is 0.0731. The van der Waals surface area contributed by atoms with Crippen LogP contribution in [0.1, 0.15) is 45.3 Å². The van der Waals surface area contributed by atoms with Crippen LogP contribution < -0.4 is 4.74 Å². The quantitative estimate of drug-likeness (QED) is 0.651. The van der Waals surface area contributed by atoms with Crippen molar-refractivity contribution in [2.45, 2.75) is 33.4 Å². The lowest BCUT2D eigenvalue weighted by Crippen LogP contribution is -2.29. The SMILES string of the molecule is Cc1ccc(C)c(OCc2cc(C(=O)N(C)[C@H](C)c3nccs3)no2)c1. The highest BCUT2D eigenvalue weighted by atomic mass is 32.1. The molecule has 0 spiro atoms. The molecule has 0 bridgehead atoms. The topological polar surface area (TPSA) is 68.5 Å². The minimum absolute atomic E-state index is 0.131. The second-order valence-corrected chi connectivity index (χ2v) is 7.12. The van der Waals surface area contributed by atoms with Gasteiger partial charge in [-0.2, -0.15) is 0 Å². The highest BCUT2D eigenvalue weighted by Crippen LogP contribution is 2.23. The van der Waals surface area contributed by atoms with Crippen molar-refractivity contribution in [3.05, 3.63) is 63.4 Å². The molecule has 2 aromatic heterocycles. The van der Waals surface area contributed by atoms with Gasteiger partial charge >= 0.3 is 0 Å². The maximum Gasteiger partial charge on any atom is 0.276 e. The Labute approximate surface area is 156 Å². The van der Waals surface area contributed by atoms with Gasteiger partial charge in [0.2, 0.25) is 0 Å². The third-order valence-corrected chi connectivity index (χ3v) is 5.15. The summed E-state index contributed by atoms with van der Waals surface area (Å²) < 4.78 is 11.1. The second-order valence-electron chi connectivity index (χ2n) is 6.20. The average Bonchev–Trinajstić information content (AvgIpc) is 3.32. The van der Waals surface area contributed by atoms with Crippen LogP contribution in [0.5, 0.6) is 5.75 Å². The first-order valence-corrected chi connectivity index (χ1v) is 9.16. The second kappa shape index (κ2) is 7.70. The Morgan fingerprint density at radius 1 is 1.35 bits per heavy atom. The Hall–Kier alpha value is -2.67. The van der Waals surface area contributed by atoms with Crippen LogP contribution in [-0.4, -0.2) is 28.0 Å². The fourth-order valence-electron chi connectivity index (χ4n) is 2.46. The molecule has 26 heavy (non-hydrogen) atoms. The Balaban J connectivity index is 1.65. The number of aromatic nitrogens is 2. The summed E-state index contributed by atoms with van der Waals surface area (Å²) in [5, 5.41) is 6.66. The normalized spacial score (nSPS) is 12.0. The summed E-state index contributed by atoms with van der Waals surface area (Å²) in [6.45, 7) is 6.15. The molecule has 1 amide bonds. The Morgan fingerprint density at radius 2 is 2.15 bits per heavy atom. The molecule has 3 aromatic rings. The van der Waals surface area contributed by atoms with Crippen molar-refractivity contribution >= 4 is 17.2 Å². The number of hydrogen-bond acceptors (Lipinski definition) is 6. The monoisotopic (exact) mass is 371 g/mol. The third-order valence-electron chi connectivity index (χ3n) is 4.20. The van der Waals surface area contributed by atoms with Gasteiger partial charge < -0.3 is 14.2 Å². The molecule has 0 saturated heterocycles. The van der Waals surface area contributed by atoms with Gasteiger partial charge in [-0.25, -0.2) is 4.98 Å². The predicted octanol–water partition coefficient (Wildman–Crippen LogP) is 4.16. The van der Waals surface area contributed by atoms with Crippen LogP contribution >= 0.6 is 11.3 Å². The van der Waals surface area contributed by atoms with Crippen molar-refractivity contribution in [1.29, 1.82) is 0 Å². The minimum Gasteiger partial charge on any atom is -0.485 e. The van der Waals surface area contributed by atoms with E-state index in [0.29, 0.717) is 5.76 Å². The van der Waals surface area contributed by atoms with Crippen LogP contribution in [-0.2, 0) is 6.61 Å². The van der Waals surface area contributed by atoms with Gasteiger partial charge in [0, 0.05) is 24.7 Å². The van der Waals surface area contributed by atoms with E-state index in [4.69, 9.17) is 9.26 Å². The van der Waals surface area contributed by atoms with E-state index in [9.17, 15) is 4.79 Å². The number of thiazole rings is 1. The standard InChI is InChI=1S/C19H21N3O3S/c1-12-5-6-13(2)17(9-12)24-11-15-10-16(21-25-15)19(23)22(4)14(3)18-20-7-8-26-18/h5-10,14H,11H2,1-4H3/t14-/m1/s1. The lowest BCUT2D eigenvalue weighted by Gasteiger charge is -2.21. The van der Waals surface area contributed by atoms with Crippen LogP contribution in [0.3, 0.4) is 0 Å². The van der Waals surface area contributed by atoms with Gasteiger partial charge in [-0.05, 0) is 38.0 Å². The van der Waals surface area contributed by atoms with Crippen LogP contribution in [0.25, 0.3) is 0 Å². The maximum atomic E-state index is 12.6. The number of benzene rings is 1. The molecule has 0 fully saturated rings. The van der Waals surface area contributed by atoms with Gasteiger partial charge in [0.25, 0.3) is 5.91 Å². The van der Waals surface area contributed by atoms with Crippen LogP contribution in [0.2, 0.25) is 0 Å². The molecular formula is C19H21N3O3S. The molecule has 0 saturated carbocycles. The lowest BCUT2D eigenvalue weighted by atomic mass is 10.1. The van der Waals surface area contributed by atoms with E-state index in [1.165, 1.54) is 11.3 Å². The van der Waals surface area contributed by atoms with Gasteiger partial charge in [-0.3, -0.25) is 4.79 Å². The van der Waals surface area contributed by atoms with Crippen LogP contribution in [0.4, 0.5) is 0 Å². The number of ether oxygens (including phenoxy) is 1. The average molecular weight is 371 g/mol. The van der Waals surface area contributed by atoms with Crippen LogP contribution in [0, 0.1) is 13.8 Å². The van der Waals surface area contributed by atoms with E-state index in [1.807, 2.05) is 44.4 Å². The first kappa shape index (κ1) is 18.1. The zero-order chi connectivity index (χ0) is 18.7. The minimum atomic E-state index is -0.213. The van der Waals surface area contributed by atoms with Crippen molar-refractivity contribution in [3.8, 4) is 5.75 Å². The Bertz CT molecular complexity index is 889. The van der Waals surface area contributed by atoms with Gasteiger partial charge in [0.1, 0.15) is 17.4 Å². The van der Waals surface area contributed by atoms with E-state index in [0.717, 1.165) is 21.9 Å². The number of amides is 1. The Kier molecular flexibility index (Phi) is 5.37. The molecule has 0 unspecified atom stereocenters. The highest BCUT2D eigenvalue weighted by Gasteiger charge is 2.23. The van der Waals surface area contributed by atoms with Crippen molar-refractivity contribution in [3.63, 3.8) is 0 Å². The van der Waals surface area contributed by atoms with Crippen LogP contribution in [0.15, 0.2) is 40.4 Å². The van der Waals surface area contributed by atoms with Crippen molar-refractivity contribution in [2.75, 3.05) is 7.05 Å². The fraction of sp³-hybridized carbons (Fsp3) is 0.316. The summed E-state index contributed by atoms with van der Waals surface area (Å²) >= 11 is 1.52. The number of carbonyl (C=O) groups is 1. The first-order valence-electron chi connectivity index (χ1n) is 8.28. The summed E-state index contributed by atoms with van der Waals surface area (Å²) in [6.07, 6.45) is 1.73. The van der Waals surface area contributed by atoms with E-state index < -0.39 is 0 Å². The molecule has 136 valence electrons. The van der Waals surface area contributed by atoms with Gasteiger partial charge in [0.15, 0.2) is 11.5 Å². The molecule has 3 rings (SSSR count). The summed E-state index contributed by atoms with van der Waals surface area (Å²) in [7, 11) is 1.73. The van der Waals surface area contributed by atoms with E-state index in [1.54, 1.807) is 24.2 Å². The molecule has 1 aromatic carbocycles. The summed E-state index contributed by atoms with van der Waals surface area (Å²) in [5.41, 5.74) is 2.43. The molecule has 1 atom stereocenters. The molecule has 0 aliphatic heterocycles. The number of aryl methyl sites for hydroxylation is 2. The highest BCUT2D eigenvalue weighted by molar-refractivity contribution is 7.09. The van der Waals surface area contributed by atoms with Crippen molar-refractivity contribution in [1.82, 2.24) is 15.0 Å². The van der Waals surface area contributed by atoms with E-state index in [-0.39, 0.29) is 24.2 Å². The summed E-state index contributed by atoms with van der Waals surface area (Å²) in [5.74, 6) is 1.09. The maximum absolute atomic E-state index is 12.6. The van der Waals surface area contributed by atoms with Crippen molar-refractivity contribution < 1.29 is 14.1 Å². The van der Waals surface area contributed by atoms with E-state index >= 15 is 0 Å². The number of rotatable bonds is 6. The summed E-state index contributed by atoms with van der Waals surface area (Å²) in [6, 6.07) is 7.51. The zero-order valence-corrected chi connectivity index (χ0v) is 16.0. The number of nitrogens with zero attached hydrogens (tertiary/aromatic N) is 3.